The summed E-state index contributed by atoms with van der Waals surface area (Å²) in [5.41, 5.74) is 2.56. The minimum absolute atomic E-state index is 0.190. The van der Waals surface area contributed by atoms with Crippen molar-refractivity contribution in [3.63, 3.8) is 0 Å². The highest BCUT2D eigenvalue weighted by Crippen LogP contribution is 2.49. The zero-order valence-electron chi connectivity index (χ0n) is 16.7. The van der Waals surface area contributed by atoms with Crippen LogP contribution in [-0.2, 0) is 23.8 Å². The van der Waals surface area contributed by atoms with Crippen LogP contribution in [0.3, 0.4) is 0 Å². The Morgan fingerprint density at radius 2 is 1.96 bits per heavy atom. The van der Waals surface area contributed by atoms with E-state index >= 15 is 0 Å². The molecule has 0 N–H and O–H groups in total. The molecule has 5 atom stereocenters. The number of rotatable bonds is 1. The molecule has 0 aromatic carbocycles. The highest BCUT2D eigenvalue weighted by Gasteiger charge is 2.63. The van der Waals surface area contributed by atoms with Gasteiger partial charge in [0.2, 0.25) is 0 Å². The van der Waals surface area contributed by atoms with Crippen molar-refractivity contribution in [1.82, 2.24) is 0 Å². The van der Waals surface area contributed by atoms with E-state index in [9.17, 15) is 9.59 Å². The Balaban J connectivity index is 1.92. The van der Waals surface area contributed by atoms with Gasteiger partial charge in [-0.25, -0.2) is 4.79 Å². The van der Waals surface area contributed by atoms with Crippen molar-refractivity contribution in [3.05, 3.63) is 35.5 Å². The summed E-state index contributed by atoms with van der Waals surface area (Å²) < 4.78 is 17.3. The molecule has 2 aliphatic heterocycles. The van der Waals surface area contributed by atoms with E-state index in [-0.39, 0.29) is 23.6 Å². The molecule has 3 aliphatic rings. The number of ether oxygens (including phenoxy) is 3. The number of fused-ring (bicyclic) bond motifs is 3. The van der Waals surface area contributed by atoms with E-state index in [1.807, 2.05) is 6.92 Å². The van der Waals surface area contributed by atoms with Crippen LogP contribution in [0.25, 0.3) is 0 Å². The summed E-state index contributed by atoms with van der Waals surface area (Å²) in [4.78, 5) is 24.0. The molecular formula is C22H30O5. The van der Waals surface area contributed by atoms with Gasteiger partial charge < -0.3 is 14.2 Å². The standard InChI is InChI=1S/C22H30O5/c1-13-8-6-9-14(2)12-17(25-16(4)23)18-15(3)21(24)26-19(18)20-22(5,27-20)11-7-10-13/h9-10,17-20H,3,6-8,11-12H2,1-2,4-5H3/b13-10-,14-9-/t17-,18+,19-,20+,22+/m0/s1. The molecule has 0 bridgehead atoms. The molecule has 0 aromatic rings. The lowest BCUT2D eigenvalue weighted by molar-refractivity contribution is -0.150. The lowest BCUT2D eigenvalue weighted by Crippen LogP contribution is -2.37. The normalized spacial score (nSPS) is 41.0. The number of carbonyl (C=O) groups excluding carboxylic acids is 2. The number of hydrogen-bond donors (Lipinski definition) is 0. The molecule has 1 aliphatic carbocycles. The third-order valence-electron chi connectivity index (χ3n) is 5.91. The molecule has 0 amide bonds. The first-order chi connectivity index (χ1) is 12.7. The fourth-order valence-corrected chi connectivity index (χ4v) is 4.27. The lowest BCUT2D eigenvalue weighted by atomic mass is 9.83. The summed E-state index contributed by atoms with van der Waals surface area (Å²) in [6.45, 7) is 11.6. The molecule has 27 heavy (non-hydrogen) atoms. The van der Waals surface area contributed by atoms with Gasteiger partial charge in [0.1, 0.15) is 18.3 Å². The van der Waals surface area contributed by atoms with Crippen molar-refractivity contribution in [2.75, 3.05) is 0 Å². The van der Waals surface area contributed by atoms with E-state index < -0.39 is 18.2 Å². The van der Waals surface area contributed by atoms with Crippen LogP contribution in [0, 0.1) is 5.92 Å². The Morgan fingerprint density at radius 3 is 2.67 bits per heavy atom. The number of allylic oxidation sites excluding steroid dienone is 3. The molecular weight excluding hydrogens is 344 g/mol. The lowest BCUT2D eigenvalue weighted by Gasteiger charge is -2.27. The minimum atomic E-state index is -0.476. The summed E-state index contributed by atoms with van der Waals surface area (Å²) in [5.74, 6) is -1.16. The Labute approximate surface area is 161 Å². The summed E-state index contributed by atoms with van der Waals surface area (Å²) in [6, 6.07) is 0. The topological polar surface area (TPSA) is 65.1 Å². The monoisotopic (exact) mass is 374 g/mol. The molecule has 5 nitrogen and oxygen atoms in total. The second kappa shape index (κ2) is 7.63. The highest BCUT2D eigenvalue weighted by atomic mass is 16.6. The Bertz CT molecular complexity index is 703. The van der Waals surface area contributed by atoms with Gasteiger partial charge in [0.05, 0.1) is 11.5 Å². The van der Waals surface area contributed by atoms with Crippen molar-refractivity contribution < 1.29 is 23.8 Å². The van der Waals surface area contributed by atoms with Crippen molar-refractivity contribution >= 4 is 11.9 Å². The second-order valence-electron chi connectivity index (χ2n) is 8.30. The predicted octanol–water partition coefficient (Wildman–Crippen LogP) is 4.03. The van der Waals surface area contributed by atoms with Crippen LogP contribution in [0.4, 0.5) is 0 Å². The van der Waals surface area contributed by atoms with Gasteiger partial charge >= 0.3 is 11.9 Å². The highest BCUT2D eigenvalue weighted by molar-refractivity contribution is 5.91. The summed E-state index contributed by atoms with van der Waals surface area (Å²) in [5, 5.41) is 0. The molecule has 0 spiro atoms. The van der Waals surface area contributed by atoms with Gasteiger partial charge in [-0.05, 0) is 46.5 Å². The zero-order chi connectivity index (χ0) is 19.8. The van der Waals surface area contributed by atoms with Crippen LogP contribution in [0.2, 0.25) is 0 Å². The van der Waals surface area contributed by atoms with Gasteiger partial charge in [-0.2, -0.15) is 0 Å². The smallest absolute Gasteiger partial charge is 0.334 e. The van der Waals surface area contributed by atoms with Crippen LogP contribution >= 0.6 is 0 Å². The third kappa shape index (κ3) is 4.34. The number of hydrogen-bond acceptors (Lipinski definition) is 5. The summed E-state index contributed by atoms with van der Waals surface area (Å²) >= 11 is 0. The van der Waals surface area contributed by atoms with E-state index in [4.69, 9.17) is 14.2 Å². The molecule has 0 saturated carbocycles. The molecule has 2 saturated heterocycles. The number of esters is 2. The number of epoxide rings is 1. The molecule has 5 heteroatoms. The van der Waals surface area contributed by atoms with Gasteiger partial charge in [-0.3, -0.25) is 4.79 Å². The van der Waals surface area contributed by atoms with Crippen LogP contribution < -0.4 is 0 Å². The van der Waals surface area contributed by atoms with Crippen LogP contribution in [0.1, 0.15) is 59.8 Å². The van der Waals surface area contributed by atoms with Crippen molar-refractivity contribution in [2.45, 2.75) is 83.7 Å². The first kappa shape index (κ1) is 19.9. The van der Waals surface area contributed by atoms with Gasteiger partial charge in [0, 0.05) is 18.9 Å². The largest absolute Gasteiger partial charge is 0.461 e. The molecule has 0 aromatic heterocycles. The van der Waals surface area contributed by atoms with E-state index in [1.165, 1.54) is 12.5 Å². The van der Waals surface area contributed by atoms with Crippen molar-refractivity contribution in [3.8, 4) is 0 Å². The molecule has 0 unspecified atom stereocenters. The van der Waals surface area contributed by atoms with Gasteiger partial charge in [0.25, 0.3) is 0 Å². The summed E-state index contributed by atoms with van der Waals surface area (Å²) in [7, 11) is 0. The molecule has 2 fully saturated rings. The van der Waals surface area contributed by atoms with Gasteiger partial charge in [-0.1, -0.05) is 29.9 Å². The predicted molar refractivity (Wildman–Crippen MR) is 102 cm³/mol. The number of carbonyl (C=O) groups is 2. The van der Waals surface area contributed by atoms with Crippen LogP contribution in [0.5, 0.6) is 0 Å². The van der Waals surface area contributed by atoms with Crippen LogP contribution in [0.15, 0.2) is 35.5 Å². The second-order valence-corrected chi connectivity index (χ2v) is 8.30. The van der Waals surface area contributed by atoms with E-state index in [1.54, 1.807) is 0 Å². The third-order valence-corrected chi connectivity index (χ3v) is 5.91. The first-order valence-corrected chi connectivity index (χ1v) is 9.77. The average molecular weight is 374 g/mol. The fourth-order valence-electron chi connectivity index (χ4n) is 4.27. The molecule has 148 valence electrons. The maximum Gasteiger partial charge on any atom is 0.334 e. The van der Waals surface area contributed by atoms with Crippen molar-refractivity contribution in [1.29, 1.82) is 0 Å². The van der Waals surface area contributed by atoms with Crippen molar-refractivity contribution in [2.24, 2.45) is 5.92 Å². The Hall–Kier alpha value is -1.88. The quantitative estimate of drug-likeness (QED) is 0.300. The summed E-state index contributed by atoms with van der Waals surface area (Å²) in [6.07, 6.45) is 7.66. The first-order valence-electron chi connectivity index (χ1n) is 9.77. The van der Waals surface area contributed by atoms with E-state index in [0.29, 0.717) is 12.0 Å². The SMILES string of the molecule is C=C1C(=O)O[C@H]2[C@H]1[C@@H](OC(C)=O)C/C(C)=C\CC/C(C)=C\CC[C@@]1(C)O[C@H]21. The van der Waals surface area contributed by atoms with E-state index in [0.717, 1.165) is 31.3 Å². The van der Waals surface area contributed by atoms with E-state index in [2.05, 4.69) is 32.6 Å². The Kier molecular flexibility index (Phi) is 5.61. The van der Waals surface area contributed by atoms with Crippen LogP contribution in [-0.4, -0.2) is 35.9 Å². The average Bonchev–Trinajstić information content (AvgIpc) is 3.14. The Morgan fingerprint density at radius 1 is 1.26 bits per heavy atom. The molecule has 2 heterocycles. The maximum atomic E-state index is 12.3. The van der Waals surface area contributed by atoms with Gasteiger partial charge in [0.15, 0.2) is 0 Å². The maximum absolute atomic E-state index is 12.3. The fraction of sp³-hybridized carbons (Fsp3) is 0.636. The molecule has 0 radical (unpaired) electrons. The van der Waals surface area contributed by atoms with Gasteiger partial charge in [-0.15, -0.1) is 0 Å². The molecule has 3 rings (SSSR count). The zero-order valence-corrected chi connectivity index (χ0v) is 16.7. The minimum Gasteiger partial charge on any atom is -0.461 e.